The first-order valence-corrected chi connectivity index (χ1v) is 10.7. The fraction of sp³-hybridized carbons (Fsp3) is 0.522. The number of ether oxygens (including phenoxy) is 1. The van der Waals surface area contributed by atoms with Crippen LogP contribution in [0, 0.1) is 13.8 Å². The highest BCUT2D eigenvalue weighted by Gasteiger charge is 2.19. The van der Waals surface area contributed by atoms with Crippen LogP contribution >= 0.6 is 0 Å². The molecule has 0 aliphatic carbocycles. The van der Waals surface area contributed by atoms with Crippen LogP contribution in [0.2, 0.25) is 0 Å². The van der Waals surface area contributed by atoms with Crippen LogP contribution in [0.25, 0.3) is 22.6 Å². The number of hydrogen-bond donors (Lipinski definition) is 2. The van der Waals surface area contributed by atoms with Crippen molar-refractivity contribution in [3.05, 3.63) is 44.1 Å². The zero-order valence-electron chi connectivity index (χ0n) is 18.9. The van der Waals surface area contributed by atoms with Gasteiger partial charge in [0.2, 0.25) is 0 Å². The van der Waals surface area contributed by atoms with E-state index >= 15 is 0 Å². The molecule has 0 atom stereocenters. The van der Waals surface area contributed by atoms with Crippen LogP contribution in [0.1, 0.15) is 52.2 Å². The summed E-state index contributed by atoms with van der Waals surface area (Å²) in [7, 11) is 0. The topological polar surface area (TPSA) is 119 Å². The van der Waals surface area contributed by atoms with Gasteiger partial charge in [-0.05, 0) is 57.0 Å². The number of carbonyl (C=O) groups is 1. The highest BCUT2D eigenvalue weighted by Crippen LogP contribution is 2.23. The summed E-state index contributed by atoms with van der Waals surface area (Å²) in [5.74, 6) is 0.0647. The molecule has 9 nitrogen and oxygen atoms in total. The molecule has 0 fully saturated rings. The van der Waals surface area contributed by atoms with Crippen molar-refractivity contribution in [1.82, 2.24) is 24.8 Å². The van der Waals surface area contributed by atoms with Gasteiger partial charge in [-0.3, -0.25) is 14.6 Å². The predicted octanol–water partition coefficient (Wildman–Crippen LogP) is 2.80. The fourth-order valence-corrected chi connectivity index (χ4v) is 3.18. The molecule has 0 saturated heterocycles. The molecule has 0 unspecified atom stereocenters. The summed E-state index contributed by atoms with van der Waals surface area (Å²) in [6.07, 6.45) is 1.03. The maximum absolute atomic E-state index is 12.2. The molecule has 0 radical (unpaired) electrons. The molecule has 2 heterocycles. The number of hydrogen-bond acceptors (Lipinski definition) is 7. The molecule has 1 aromatic rings. The number of rotatable bonds is 8. The highest BCUT2D eigenvalue weighted by atomic mass is 16.5. The number of nitrogens with one attached hydrogen (secondary N) is 2. The number of aromatic amines is 1. The summed E-state index contributed by atoms with van der Waals surface area (Å²) in [4.78, 5) is 46.0. The van der Waals surface area contributed by atoms with Crippen LogP contribution in [-0.4, -0.2) is 45.2 Å². The molecule has 0 saturated carbocycles. The molecule has 2 aliphatic heterocycles. The minimum absolute atomic E-state index is 0. The second-order valence-corrected chi connectivity index (χ2v) is 6.89. The van der Waals surface area contributed by atoms with E-state index in [0.29, 0.717) is 44.6 Å². The molecule has 9 heteroatoms. The SMILES string of the molecule is C.CC.CCOC(=O)CCCNCCn1c2nc(=O)[nH]c(=O)c-2nc2cc(C)c(C)cc21. The number of H-pyrrole nitrogens is 1. The maximum atomic E-state index is 12.2. The zero-order valence-corrected chi connectivity index (χ0v) is 18.9. The minimum Gasteiger partial charge on any atom is -0.466 e. The lowest BCUT2D eigenvalue weighted by Crippen LogP contribution is -2.30. The number of aryl methyl sites for hydroxylation is 2. The molecule has 2 N–H and O–H groups in total. The van der Waals surface area contributed by atoms with E-state index < -0.39 is 11.2 Å². The number of aromatic nitrogens is 4. The van der Waals surface area contributed by atoms with Crippen molar-refractivity contribution in [3.63, 3.8) is 0 Å². The van der Waals surface area contributed by atoms with Gasteiger partial charge >= 0.3 is 11.7 Å². The van der Waals surface area contributed by atoms with Crippen molar-refractivity contribution in [2.75, 3.05) is 19.7 Å². The van der Waals surface area contributed by atoms with Crippen molar-refractivity contribution in [2.24, 2.45) is 0 Å². The van der Waals surface area contributed by atoms with Crippen molar-refractivity contribution in [3.8, 4) is 11.5 Å². The van der Waals surface area contributed by atoms with E-state index in [9.17, 15) is 14.4 Å². The van der Waals surface area contributed by atoms with Gasteiger partial charge in [0.05, 0.1) is 17.6 Å². The molecule has 32 heavy (non-hydrogen) atoms. The molecule has 2 aliphatic rings. The largest absolute Gasteiger partial charge is 0.466 e. The van der Waals surface area contributed by atoms with Gasteiger partial charge in [0.15, 0.2) is 11.5 Å². The van der Waals surface area contributed by atoms with Crippen LogP contribution in [-0.2, 0) is 16.1 Å². The Morgan fingerprint density at radius 2 is 1.81 bits per heavy atom. The van der Waals surface area contributed by atoms with Gasteiger partial charge < -0.3 is 14.6 Å². The van der Waals surface area contributed by atoms with E-state index in [0.717, 1.165) is 16.6 Å². The standard InChI is InChI=1S/C20H25N5O4.C2H6.CH4/c1-4-29-16(26)6-5-7-21-8-9-25-15-11-13(3)12(2)10-14(15)22-17-18(25)23-20(28)24-19(17)27;1-2;/h10-11,21H,4-9H2,1-3H3,(H,24,27,28);1-2H3;1H4. The van der Waals surface area contributed by atoms with Gasteiger partial charge in [0, 0.05) is 19.5 Å². The third-order valence-corrected chi connectivity index (χ3v) is 4.78. The lowest BCUT2D eigenvalue weighted by molar-refractivity contribution is -0.143. The van der Waals surface area contributed by atoms with E-state index in [1.807, 2.05) is 44.4 Å². The monoisotopic (exact) mass is 445 g/mol. The summed E-state index contributed by atoms with van der Waals surface area (Å²) < 4.78 is 6.76. The molecule has 0 aromatic heterocycles. The quantitative estimate of drug-likeness (QED) is 0.311. The second kappa shape index (κ2) is 12.7. The van der Waals surface area contributed by atoms with Crippen molar-refractivity contribution < 1.29 is 9.53 Å². The first-order chi connectivity index (χ1) is 14.9. The fourth-order valence-electron chi connectivity index (χ4n) is 3.18. The van der Waals surface area contributed by atoms with Crippen molar-refractivity contribution in [2.45, 2.75) is 61.4 Å². The summed E-state index contributed by atoms with van der Waals surface area (Å²) in [5.41, 5.74) is 2.54. The van der Waals surface area contributed by atoms with E-state index in [2.05, 4.69) is 20.3 Å². The zero-order chi connectivity index (χ0) is 23.0. The number of nitrogens with zero attached hydrogens (tertiary/aromatic N) is 3. The Morgan fingerprint density at radius 1 is 1.12 bits per heavy atom. The molecule has 0 bridgehead atoms. The lowest BCUT2D eigenvalue weighted by atomic mass is 10.1. The number of fused-ring (bicyclic) bond motifs is 2. The van der Waals surface area contributed by atoms with E-state index in [1.54, 1.807) is 6.92 Å². The van der Waals surface area contributed by atoms with Gasteiger partial charge in [-0.2, -0.15) is 4.98 Å². The Balaban J connectivity index is 0.00000166. The normalized spacial score (nSPS) is 10.4. The molecule has 0 spiro atoms. The Kier molecular flexibility index (Phi) is 10.7. The summed E-state index contributed by atoms with van der Waals surface area (Å²) in [5, 5.41) is 3.28. The van der Waals surface area contributed by atoms with Gasteiger partial charge in [-0.15, -0.1) is 0 Å². The van der Waals surface area contributed by atoms with E-state index in [1.165, 1.54) is 0 Å². The highest BCUT2D eigenvalue weighted by molar-refractivity contribution is 5.81. The summed E-state index contributed by atoms with van der Waals surface area (Å²) in [6, 6.07) is 3.92. The van der Waals surface area contributed by atoms with Gasteiger partial charge in [-0.25, -0.2) is 9.78 Å². The molecular formula is C23H35N5O4. The molecule has 0 amide bonds. The number of benzene rings is 1. The van der Waals surface area contributed by atoms with Gasteiger partial charge in [0.25, 0.3) is 5.56 Å². The Bertz CT molecular complexity index is 1120. The van der Waals surface area contributed by atoms with Crippen LogP contribution < -0.4 is 16.6 Å². The molecule has 3 rings (SSSR count). The van der Waals surface area contributed by atoms with Crippen LogP contribution in [0.5, 0.6) is 0 Å². The molecule has 1 aromatic carbocycles. The smallest absolute Gasteiger partial charge is 0.349 e. The number of esters is 1. The number of carbonyl (C=O) groups excluding carboxylic acids is 1. The lowest BCUT2D eigenvalue weighted by Gasteiger charge is -2.18. The third-order valence-electron chi connectivity index (χ3n) is 4.78. The van der Waals surface area contributed by atoms with E-state index in [-0.39, 0.29) is 24.9 Å². The Hall–Kier alpha value is -3.07. The van der Waals surface area contributed by atoms with Crippen molar-refractivity contribution in [1.29, 1.82) is 0 Å². The van der Waals surface area contributed by atoms with Crippen molar-refractivity contribution >= 4 is 17.0 Å². The third kappa shape index (κ3) is 6.46. The first-order valence-electron chi connectivity index (χ1n) is 10.7. The Morgan fingerprint density at radius 3 is 2.50 bits per heavy atom. The van der Waals surface area contributed by atoms with E-state index in [4.69, 9.17) is 4.74 Å². The Labute approximate surface area is 188 Å². The van der Waals surface area contributed by atoms with Gasteiger partial charge in [0.1, 0.15) is 0 Å². The van der Waals surface area contributed by atoms with Crippen LogP contribution in [0.15, 0.2) is 21.7 Å². The minimum atomic E-state index is -0.691. The van der Waals surface area contributed by atoms with Crippen LogP contribution in [0.4, 0.5) is 0 Å². The second-order valence-electron chi connectivity index (χ2n) is 6.89. The average Bonchev–Trinajstić information content (AvgIpc) is 2.73. The summed E-state index contributed by atoms with van der Waals surface area (Å²) in [6.45, 7) is 11.9. The predicted molar refractivity (Wildman–Crippen MR) is 127 cm³/mol. The molecular weight excluding hydrogens is 410 g/mol. The first kappa shape index (κ1) is 27.0. The average molecular weight is 446 g/mol. The summed E-state index contributed by atoms with van der Waals surface area (Å²) >= 11 is 0. The van der Waals surface area contributed by atoms with Crippen LogP contribution in [0.3, 0.4) is 0 Å². The molecule has 176 valence electrons. The van der Waals surface area contributed by atoms with Gasteiger partial charge in [-0.1, -0.05) is 21.3 Å². The maximum Gasteiger partial charge on any atom is 0.349 e.